The van der Waals surface area contributed by atoms with Crippen LogP contribution in [-0.4, -0.2) is 32.7 Å². The molecule has 100 valence electrons. The number of rotatable bonds is 7. The van der Waals surface area contributed by atoms with E-state index >= 15 is 0 Å². The first kappa shape index (κ1) is 14.5. The van der Waals surface area contributed by atoms with Crippen LogP contribution in [0.15, 0.2) is 24.3 Å². The van der Waals surface area contributed by atoms with E-state index < -0.39 is 0 Å². The summed E-state index contributed by atoms with van der Waals surface area (Å²) in [5.41, 5.74) is 1.17. The number of amides is 1. The summed E-state index contributed by atoms with van der Waals surface area (Å²) in [6.45, 7) is 5.62. The average Bonchev–Trinajstić information content (AvgIpc) is 2.35. The molecule has 0 fully saturated rings. The molecule has 0 aliphatic carbocycles. The van der Waals surface area contributed by atoms with Gasteiger partial charge in [-0.1, -0.05) is 19.1 Å². The molecule has 1 aromatic rings. The molecule has 1 atom stereocenters. The average molecular weight is 250 g/mol. The highest BCUT2D eigenvalue weighted by Crippen LogP contribution is 2.11. The first-order valence-corrected chi connectivity index (χ1v) is 6.25. The van der Waals surface area contributed by atoms with Crippen molar-refractivity contribution in [3.05, 3.63) is 29.8 Å². The molecular weight excluding hydrogens is 228 g/mol. The maximum absolute atomic E-state index is 11.6. The van der Waals surface area contributed by atoms with E-state index in [0.29, 0.717) is 19.7 Å². The summed E-state index contributed by atoms with van der Waals surface area (Å²) in [5.74, 6) is 0.874. The molecule has 18 heavy (non-hydrogen) atoms. The fourth-order valence-electron chi connectivity index (χ4n) is 1.62. The van der Waals surface area contributed by atoms with E-state index in [1.807, 2.05) is 45.2 Å². The number of hydrogen-bond acceptors (Lipinski definition) is 3. The van der Waals surface area contributed by atoms with Gasteiger partial charge in [-0.2, -0.15) is 0 Å². The van der Waals surface area contributed by atoms with E-state index in [2.05, 4.69) is 10.6 Å². The van der Waals surface area contributed by atoms with Gasteiger partial charge in [0.25, 0.3) is 0 Å². The minimum Gasteiger partial charge on any atom is -0.492 e. The molecule has 1 amide bonds. The van der Waals surface area contributed by atoms with Gasteiger partial charge in [0.15, 0.2) is 0 Å². The van der Waals surface area contributed by atoms with Crippen molar-refractivity contribution in [3.63, 3.8) is 0 Å². The molecule has 0 spiro atoms. The summed E-state index contributed by atoms with van der Waals surface area (Å²) in [7, 11) is 1.84. The summed E-state index contributed by atoms with van der Waals surface area (Å²) in [4.78, 5) is 11.6. The second-order valence-electron chi connectivity index (χ2n) is 4.41. The van der Waals surface area contributed by atoms with Crippen molar-refractivity contribution < 1.29 is 9.53 Å². The first-order chi connectivity index (χ1) is 8.63. The maximum atomic E-state index is 11.6. The maximum Gasteiger partial charge on any atom is 0.224 e. The Bertz CT molecular complexity index is 380. The Morgan fingerprint density at radius 3 is 2.89 bits per heavy atom. The van der Waals surface area contributed by atoms with Crippen LogP contribution < -0.4 is 15.4 Å². The Labute approximate surface area is 109 Å². The fraction of sp³-hybridized carbons (Fsp3) is 0.500. The van der Waals surface area contributed by atoms with Crippen LogP contribution in [0.25, 0.3) is 0 Å². The van der Waals surface area contributed by atoms with Crippen LogP contribution in [-0.2, 0) is 4.79 Å². The second-order valence-corrected chi connectivity index (χ2v) is 4.41. The zero-order chi connectivity index (χ0) is 13.4. The van der Waals surface area contributed by atoms with Crippen molar-refractivity contribution >= 4 is 5.91 Å². The van der Waals surface area contributed by atoms with Crippen molar-refractivity contribution in [2.75, 3.05) is 26.7 Å². The molecule has 1 unspecified atom stereocenters. The van der Waals surface area contributed by atoms with E-state index in [1.165, 1.54) is 5.56 Å². The SMILES string of the molecule is CNCC(C)C(=O)NCCOc1cccc(C)c1. The Hall–Kier alpha value is -1.55. The number of carbonyl (C=O) groups excluding carboxylic acids is 1. The van der Waals surface area contributed by atoms with Gasteiger partial charge in [0.05, 0.1) is 6.54 Å². The monoisotopic (exact) mass is 250 g/mol. The Balaban J connectivity index is 2.21. The lowest BCUT2D eigenvalue weighted by atomic mass is 10.1. The van der Waals surface area contributed by atoms with Crippen LogP contribution in [0.4, 0.5) is 0 Å². The van der Waals surface area contributed by atoms with Crippen molar-refractivity contribution in [2.45, 2.75) is 13.8 Å². The molecule has 2 N–H and O–H groups in total. The number of nitrogens with one attached hydrogen (secondary N) is 2. The number of hydrogen-bond donors (Lipinski definition) is 2. The molecular formula is C14H22N2O2. The molecule has 0 aliphatic heterocycles. The van der Waals surface area contributed by atoms with E-state index in [9.17, 15) is 4.79 Å². The number of ether oxygens (including phenoxy) is 1. The van der Waals surface area contributed by atoms with Gasteiger partial charge in [-0.3, -0.25) is 4.79 Å². The highest BCUT2D eigenvalue weighted by molar-refractivity contribution is 5.78. The fourth-order valence-corrected chi connectivity index (χ4v) is 1.62. The summed E-state index contributed by atoms with van der Waals surface area (Å²) in [5, 5.41) is 5.83. The lowest BCUT2D eigenvalue weighted by Gasteiger charge is -2.12. The van der Waals surface area contributed by atoms with Gasteiger partial charge in [-0.05, 0) is 31.7 Å². The minimum atomic E-state index is -0.0195. The van der Waals surface area contributed by atoms with Crippen LogP contribution in [0.1, 0.15) is 12.5 Å². The van der Waals surface area contributed by atoms with E-state index in [1.54, 1.807) is 0 Å². The quantitative estimate of drug-likeness (QED) is 0.718. The van der Waals surface area contributed by atoms with Gasteiger partial charge < -0.3 is 15.4 Å². The van der Waals surface area contributed by atoms with E-state index in [4.69, 9.17) is 4.74 Å². The number of benzene rings is 1. The van der Waals surface area contributed by atoms with Crippen LogP contribution in [0.3, 0.4) is 0 Å². The number of aryl methyl sites for hydroxylation is 1. The van der Waals surface area contributed by atoms with Gasteiger partial charge in [0.2, 0.25) is 5.91 Å². The third kappa shape index (κ3) is 5.19. The molecule has 0 saturated heterocycles. The lowest BCUT2D eigenvalue weighted by molar-refractivity contribution is -0.124. The summed E-state index contributed by atoms with van der Waals surface area (Å²) in [6.07, 6.45) is 0. The van der Waals surface area contributed by atoms with Crippen molar-refractivity contribution in [2.24, 2.45) is 5.92 Å². The lowest BCUT2D eigenvalue weighted by Crippen LogP contribution is -2.36. The highest BCUT2D eigenvalue weighted by Gasteiger charge is 2.10. The van der Waals surface area contributed by atoms with E-state index in [-0.39, 0.29) is 11.8 Å². The Morgan fingerprint density at radius 1 is 1.44 bits per heavy atom. The Kier molecular flexibility index (Phi) is 6.22. The highest BCUT2D eigenvalue weighted by atomic mass is 16.5. The molecule has 1 rings (SSSR count). The van der Waals surface area contributed by atoms with Gasteiger partial charge in [-0.25, -0.2) is 0 Å². The molecule has 0 radical (unpaired) electrons. The molecule has 0 bridgehead atoms. The predicted molar refractivity (Wildman–Crippen MR) is 72.8 cm³/mol. The molecule has 0 aromatic heterocycles. The third-order valence-corrected chi connectivity index (χ3v) is 2.62. The summed E-state index contributed by atoms with van der Waals surface area (Å²) >= 11 is 0. The molecule has 0 aliphatic rings. The van der Waals surface area contributed by atoms with Gasteiger partial charge in [0.1, 0.15) is 12.4 Å². The third-order valence-electron chi connectivity index (χ3n) is 2.62. The summed E-state index contributed by atoms with van der Waals surface area (Å²) < 4.78 is 5.55. The number of carbonyl (C=O) groups is 1. The molecule has 0 heterocycles. The van der Waals surface area contributed by atoms with Crippen LogP contribution in [0, 0.1) is 12.8 Å². The van der Waals surface area contributed by atoms with Gasteiger partial charge in [0, 0.05) is 12.5 Å². The molecule has 0 saturated carbocycles. The zero-order valence-electron chi connectivity index (χ0n) is 11.3. The second kappa shape index (κ2) is 7.71. The van der Waals surface area contributed by atoms with Gasteiger partial charge >= 0.3 is 0 Å². The van der Waals surface area contributed by atoms with Crippen molar-refractivity contribution in [3.8, 4) is 5.75 Å². The standard InChI is InChI=1S/C14H22N2O2/c1-11-5-4-6-13(9-11)18-8-7-16-14(17)12(2)10-15-3/h4-6,9,12,15H,7-8,10H2,1-3H3,(H,16,17). The normalized spacial score (nSPS) is 11.9. The van der Waals surface area contributed by atoms with Crippen molar-refractivity contribution in [1.29, 1.82) is 0 Å². The summed E-state index contributed by atoms with van der Waals surface area (Å²) in [6, 6.07) is 7.87. The van der Waals surface area contributed by atoms with Gasteiger partial charge in [-0.15, -0.1) is 0 Å². The molecule has 1 aromatic carbocycles. The van der Waals surface area contributed by atoms with E-state index in [0.717, 1.165) is 5.75 Å². The largest absolute Gasteiger partial charge is 0.492 e. The molecule has 4 nitrogen and oxygen atoms in total. The predicted octanol–water partition coefficient (Wildman–Crippen LogP) is 1.35. The van der Waals surface area contributed by atoms with Crippen LogP contribution in [0.2, 0.25) is 0 Å². The minimum absolute atomic E-state index is 0.0195. The topological polar surface area (TPSA) is 50.4 Å². The van der Waals surface area contributed by atoms with Crippen LogP contribution in [0.5, 0.6) is 5.75 Å². The Morgan fingerprint density at radius 2 is 2.22 bits per heavy atom. The van der Waals surface area contributed by atoms with Crippen LogP contribution >= 0.6 is 0 Å². The van der Waals surface area contributed by atoms with Crippen molar-refractivity contribution in [1.82, 2.24) is 10.6 Å². The zero-order valence-corrected chi connectivity index (χ0v) is 11.3. The molecule has 4 heteroatoms. The smallest absolute Gasteiger partial charge is 0.224 e. The first-order valence-electron chi connectivity index (χ1n) is 6.25.